The standard InChI is InChI=1S/C15H14BrNO/c1-2-18-15-6-4-3-5-14(15)17-11-12-7-9-13(16)10-8-12/h3-11H,2H2,1H3. The van der Waals surface area contributed by atoms with E-state index >= 15 is 0 Å². The highest BCUT2D eigenvalue weighted by molar-refractivity contribution is 9.10. The fraction of sp³-hybridized carbons (Fsp3) is 0.133. The molecule has 18 heavy (non-hydrogen) atoms. The molecule has 0 atom stereocenters. The van der Waals surface area contributed by atoms with Crippen molar-refractivity contribution in [2.75, 3.05) is 6.61 Å². The second-order valence-corrected chi connectivity index (χ2v) is 4.63. The molecule has 0 aliphatic rings. The second kappa shape index (κ2) is 6.36. The van der Waals surface area contributed by atoms with Crippen molar-refractivity contribution < 1.29 is 4.74 Å². The normalized spacial score (nSPS) is 10.8. The van der Waals surface area contributed by atoms with Crippen molar-refractivity contribution >= 4 is 27.8 Å². The summed E-state index contributed by atoms with van der Waals surface area (Å²) in [6.45, 7) is 2.61. The van der Waals surface area contributed by atoms with Gasteiger partial charge in [-0.3, -0.25) is 4.99 Å². The van der Waals surface area contributed by atoms with Gasteiger partial charge in [0, 0.05) is 10.7 Å². The van der Waals surface area contributed by atoms with E-state index in [4.69, 9.17) is 4.74 Å². The van der Waals surface area contributed by atoms with Crippen LogP contribution in [0.25, 0.3) is 0 Å². The average molecular weight is 304 g/mol. The van der Waals surface area contributed by atoms with E-state index in [-0.39, 0.29) is 0 Å². The molecule has 92 valence electrons. The van der Waals surface area contributed by atoms with Gasteiger partial charge in [-0.15, -0.1) is 0 Å². The molecule has 3 heteroatoms. The highest BCUT2D eigenvalue weighted by Crippen LogP contribution is 2.26. The van der Waals surface area contributed by atoms with Crippen LogP contribution in [0, 0.1) is 0 Å². The van der Waals surface area contributed by atoms with Crippen LogP contribution < -0.4 is 4.74 Å². The van der Waals surface area contributed by atoms with E-state index in [0.717, 1.165) is 21.5 Å². The number of para-hydroxylation sites is 2. The predicted molar refractivity (Wildman–Crippen MR) is 79.0 cm³/mol. The van der Waals surface area contributed by atoms with Crippen molar-refractivity contribution in [2.24, 2.45) is 4.99 Å². The van der Waals surface area contributed by atoms with Crippen LogP contribution in [0.4, 0.5) is 5.69 Å². The van der Waals surface area contributed by atoms with Gasteiger partial charge in [-0.05, 0) is 36.8 Å². The molecule has 0 aliphatic carbocycles. The summed E-state index contributed by atoms with van der Waals surface area (Å²) in [5, 5.41) is 0. The third-order valence-electron chi connectivity index (χ3n) is 2.39. The number of ether oxygens (including phenoxy) is 1. The molecule has 0 fully saturated rings. The fourth-order valence-electron chi connectivity index (χ4n) is 1.53. The number of halogens is 1. The van der Waals surface area contributed by atoms with Crippen LogP contribution in [0.3, 0.4) is 0 Å². The zero-order valence-electron chi connectivity index (χ0n) is 10.1. The average Bonchev–Trinajstić information content (AvgIpc) is 2.40. The molecule has 0 N–H and O–H groups in total. The first kappa shape index (κ1) is 12.8. The molecule has 2 aromatic carbocycles. The molecular weight excluding hydrogens is 290 g/mol. The lowest BCUT2D eigenvalue weighted by Crippen LogP contribution is -1.91. The monoisotopic (exact) mass is 303 g/mol. The molecule has 2 rings (SSSR count). The maximum absolute atomic E-state index is 5.52. The number of hydrogen-bond acceptors (Lipinski definition) is 2. The number of nitrogens with zero attached hydrogens (tertiary/aromatic N) is 1. The van der Waals surface area contributed by atoms with E-state index in [1.54, 1.807) is 0 Å². The molecule has 2 aromatic rings. The Morgan fingerprint density at radius 1 is 1.11 bits per heavy atom. The Labute approximate surface area is 115 Å². The molecule has 2 nitrogen and oxygen atoms in total. The van der Waals surface area contributed by atoms with Gasteiger partial charge in [-0.25, -0.2) is 0 Å². The van der Waals surface area contributed by atoms with Gasteiger partial charge in [0.15, 0.2) is 0 Å². The van der Waals surface area contributed by atoms with Crippen LogP contribution in [0.5, 0.6) is 5.75 Å². The summed E-state index contributed by atoms with van der Waals surface area (Å²) in [6, 6.07) is 15.8. The molecule has 0 aliphatic heterocycles. The SMILES string of the molecule is CCOc1ccccc1N=Cc1ccc(Br)cc1. The molecule has 0 heterocycles. The van der Waals surface area contributed by atoms with E-state index in [2.05, 4.69) is 20.9 Å². The predicted octanol–water partition coefficient (Wildman–Crippen LogP) is 4.60. The van der Waals surface area contributed by atoms with Crippen molar-refractivity contribution in [3.63, 3.8) is 0 Å². The van der Waals surface area contributed by atoms with E-state index < -0.39 is 0 Å². The molecule has 0 saturated carbocycles. The van der Waals surface area contributed by atoms with Gasteiger partial charge in [0.1, 0.15) is 11.4 Å². The lowest BCUT2D eigenvalue weighted by molar-refractivity contribution is 0.341. The number of rotatable bonds is 4. The van der Waals surface area contributed by atoms with Crippen LogP contribution >= 0.6 is 15.9 Å². The minimum absolute atomic E-state index is 0.644. The Bertz CT molecular complexity index is 534. The lowest BCUT2D eigenvalue weighted by atomic mass is 10.2. The van der Waals surface area contributed by atoms with Gasteiger partial charge in [0.2, 0.25) is 0 Å². The maximum atomic E-state index is 5.52. The molecule has 0 unspecified atom stereocenters. The zero-order valence-corrected chi connectivity index (χ0v) is 11.7. The minimum Gasteiger partial charge on any atom is -0.492 e. The Kier molecular flexibility index (Phi) is 4.53. The molecular formula is C15H14BrNO. The van der Waals surface area contributed by atoms with Gasteiger partial charge >= 0.3 is 0 Å². The summed E-state index contributed by atoms with van der Waals surface area (Å²) in [5.74, 6) is 0.813. The summed E-state index contributed by atoms with van der Waals surface area (Å²) in [6.07, 6.45) is 1.84. The lowest BCUT2D eigenvalue weighted by Gasteiger charge is -2.05. The summed E-state index contributed by atoms with van der Waals surface area (Å²) in [7, 11) is 0. The topological polar surface area (TPSA) is 21.6 Å². The molecule has 0 amide bonds. The van der Waals surface area contributed by atoms with Gasteiger partial charge < -0.3 is 4.74 Å². The van der Waals surface area contributed by atoms with Gasteiger partial charge in [0.25, 0.3) is 0 Å². The van der Waals surface area contributed by atoms with Crippen molar-refractivity contribution in [1.82, 2.24) is 0 Å². The van der Waals surface area contributed by atoms with Gasteiger partial charge in [-0.1, -0.05) is 40.2 Å². The quantitative estimate of drug-likeness (QED) is 0.757. The van der Waals surface area contributed by atoms with E-state index in [9.17, 15) is 0 Å². The number of aliphatic imine (C=N–C) groups is 1. The Balaban J connectivity index is 2.20. The third kappa shape index (κ3) is 3.44. The first-order chi connectivity index (χ1) is 8.79. The highest BCUT2D eigenvalue weighted by Gasteiger charge is 1.99. The van der Waals surface area contributed by atoms with Gasteiger partial charge in [-0.2, -0.15) is 0 Å². The first-order valence-electron chi connectivity index (χ1n) is 5.81. The van der Waals surface area contributed by atoms with Crippen LogP contribution in [-0.2, 0) is 0 Å². The minimum atomic E-state index is 0.644. The molecule has 0 bridgehead atoms. The van der Waals surface area contributed by atoms with Crippen molar-refractivity contribution in [2.45, 2.75) is 6.92 Å². The van der Waals surface area contributed by atoms with Crippen molar-refractivity contribution in [1.29, 1.82) is 0 Å². The molecule has 0 radical (unpaired) electrons. The van der Waals surface area contributed by atoms with Crippen LogP contribution in [0.15, 0.2) is 58.0 Å². The summed E-state index contributed by atoms with van der Waals surface area (Å²) in [4.78, 5) is 4.46. The Morgan fingerprint density at radius 3 is 2.56 bits per heavy atom. The smallest absolute Gasteiger partial charge is 0.144 e. The number of hydrogen-bond donors (Lipinski definition) is 0. The number of benzene rings is 2. The molecule has 0 spiro atoms. The van der Waals surface area contributed by atoms with Crippen LogP contribution in [0.1, 0.15) is 12.5 Å². The molecule has 0 saturated heterocycles. The van der Waals surface area contributed by atoms with Gasteiger partial charge in [0.05, 0.1) is 6.61 Å². The summed E-state index contributed by atoms with van der Waals surface area (Å²) < 4.78 is 6.59. The van der Waals surface area contributed by atoms with Crippen molar-refractivity contribution in [3.8, 4) is 5.75 Å². The summed E-state index contributed by atoms with van der Waals surface area (Å²) >= 11 is 3.41. The first-order valence-corrected chi connectivity index (χ1v) is 6.60. The second-order valence-electron chi connectivity index (χ2n) is 3.71. The Morgan fingerprint density at radius 2 is 1.83 bits per heavy atom. The van der Waals surface area contributed by atoms with E-state index in [1.165, 1.54) is 0 Å². The summed E-state index contributed by atoms with van der Waals surface area (Å²) in [5.41, 5.74) is 1.91. The maximum Gasteiger partial charge on any atom is 0.144 e. The highest BCUT2D eigenvalue weighted by atomic mass is 79.9. The fourth-order valence-corrected chi connectivity index (χ4v) is 1.80. The van der Waals surface area contributed by atoms with Crippen LogP contribution in [-0.4, -0.2) is 12.8 Å². The van der Waals surface area contributed by atoms with Crippen LogP contribution in [0.2, 0.25) is 0 Å². The zero-order chi connectivity index (χ0) is 12.8. The Hall–Kier alpha value is -1.61. The van der Waals surface area contributed by atoms with E-state index in [0.29, 0.717) is 6.61 Å². The largest absolute Gasteiger partial charge is 0.492 e. The molecule has 0 aromatic heterocycles. The third-order valence-corrected chi connectivity index (χ3v) is 2.92. The van der Waals surface area contributed by atoms with E-state index in [1.807, 2.05) is 61.7 Å². The van der Waals surface area contributed by atoms with Crippen molar-refractivity contribution in [3.05, 3.63) is 58.6 Å².